The van der Waals surface area contributed by atoms with Crippen LogP contribution in [0.5, 0.6) is 5.75 Å². The second-order valence-electron chi connectivity index (χ2n) is 5.84. The molecule has 1 amide bonds. The molecule has 0 spiro atoms. The van der Waals surface area contributed by atoms with Crippen LogP contribution in [0.3, 0.4) is 0 Å². The number of methoxy groups -OCH3 is 1. The van der Waals surface area contributed by atoms with Crippen LogP contribution < -0.4 is 4.74 Å². The zero-order valence-electron chi connectivity index (χ0n) is 28.7. The molecule has 2 aromatic rings. The number of amides is 1. The molecule has 0 fully saturated rings. The SMILES string of the molecule is [2H]C([2H])([2H])C([2H])(N(C(=O)C[C@H](c1ccccc1)c1cc(C)ccc1OC)C([2H])(C([2H])([2H])[2H])C([2H])([2H])[2H])C([2H])([2H])[2H]. The van der Waals surface area contributed by atoms with E-state index in [2.05, 4.69) is 0 Å². The number of aryl methyl sites for hydroxylation is 1. The molecule has 3 heteroatoms. The second kappa shape index (κ2) is 8.88. The Morgan fingerprint density at radius 1 is 1.12 bits per heavy atom. The van der Waals surface area contributed by atoms with E-state index in [-0.39, 0.29) is 5.75 Å². The minimum atomic E-state index is -4.13. The molecule has 2 aromatic carbocycles. The van der Waals surface area contributed by atoms with Gasteiger partial charge in [-0.1, -0.05) is 48.0 Å². The van der Waals surface area contributed by atoms with Crippen molar-refractivity contribution >= 4 is 5.91 Å². The molecule has 0 N–H and O–H groups in total. The van der Waals surface area contributed by atoms with Gasteiger partial charge in [0.2, 0.25) is 5.91 Å². The fourth-order valence-electron chi connectivity index (χ4n) is 2.85. The minimum absolute atomic E-state index is 0.284. The van der Waals surface area contributed by atoms with Crippen LogP contribution >= 0.6 is 0 Å². The molecule has 0 saturated heterocycles. The minimum Gasteiger partial charge on any atom is -0.496 e. The van der Waals surface area contributed by atoms with Crippen LogP contribution in [0.15, 0.2) is 48.5 Å². The Morgan fingerprint density at radius 2 is 1.77 bits per heavy atom. The van der Waals surface area contributed by atoms with Gasteiger partial charge in [-0.2, -0.15) is 0 Å². The van der Waals surface area contributed by atoms with Crippen LogP contribution in [0.2, 0.25) is 0 Å². The summed E-state index contributed by atoms with van der Waals surface area (Å²) in [6.07, 6.45) is -0.886. The summed E-state index contributed by atoms with van der Waals surface area (Å²) < 4.78 is 117. The van der Waals surface area contributed by atoms with Crippen molar-refractivity contribution in [2.75, 3.05) is 7.11 Å². The summed E-state index contributed by atoms with van der Waals surface area (Å²) in [7, 11) is 1.36. The van der Waals surface area contributed by atoms with Crippen molar-refractivity contribution < 1.29 is 28.7 Å². The third-order valence-corrected chi connectivity index (χ3v) is 4.04. The molecule has 1 atom stereocenters. The average molecular weight is 368 g/mol. The van der Waals surface area contributed by atoms with Crippen molar-refractivity contribution in [2.24, 2.45) is 0 Å². The van der Waals surface area contributed by atoms with E-state index in [1.54, 1.807) is 55.5 Å². The Bertz CT molecular complexity index is 1120. The van der Waals surface area contributed by atoms with Crippen LogP contribution in [-0.4, -0.2) is 30.0 Å². The molecule has 0 radical (unpaired) electrons. The summed E-state index contributed by atoms with van der Waals surface area (Å²) >= 11 is 0. The molecule has 0 aliphatic carbocycles. The number of hydrogen-bond donors (Lipinski definition) is 0. The number of ether oxygens (including phenoxy) is 1. The molecule has 0 bridgehead atoms. The van der Waals surface area contributed by atoms with E-state index in [0.717, 1.165) is 5.56 Å². The van der Waals surface area contributed by atoms with E-state index in [1.165, 1.54) is 7.11 Å². The fourth-order valence-corrected chi connectivity index (χ4v) is 2.85. The van der Waals surface area contributed by atoms with Crippen LogP contribution in [0, 0.1) is 6.92 Å². The monoisotopic (exact) mass is 367 g/mol. The van der Waals surface area contributed by atoms with E-state index >= 15 is 0 Å². The molecule has 0 unspecified atom stereocenters. The maximum absolute atomic E-state index is 14.1. The maximum atomic E-state index is 14.1. The third kappa shape index (κ3) is 4.66. The maximum Gasteiger partial charge on any atom is 0.223 e. The number of benzene rings is 2. The zero-order valence-corrected chi connectivity index (χ0v) is 14.7. The first-order valence-electron chi connectivity index (χ1n) is 15.0. The first-order chi connectivity index (χ1) is 17.9. The summed E-state index contributed by atoms with van der Waals surface area (Å²) in [4.78, 5) is 13.5. The van der Waals surface area contributed by atoms with E-state index in [0.29, 0.717) is 11.1 Å². The first kappa shape index (κ1) is 8.16. The van der Waals surface area contributed by atoms with Gasteiger partial charge in [0, 0.05) is 46.4 Å². The largest absolute Gasteiger partial charge is 0.496 e. The summed E-state index contributed by atoms with van der Waals surface area (Å²) in [6, 6.07) is 4.86. The normalized spacial score (nSPS) is 23.0. The summed E-state index contributed by atoms with van der Waals surface area (Å²) in [6.45, 7) is -14.1. The van der Waals surface area contributed by atoms with Gasteiger partial charge in [0.1, 0.15) is 5.75 Å². The van der Waals surface area contributed by atoms with Gasteiger partial charge in [-0.15, -0.1) is 0 Å². The summed E-state index contributed by atoms with van der Waals surface area (Å²) in [5.74, 6) is -2.39. The number of carbonyl (C=O) groups is 1. The predicted octanol–water partition coefficient (Wildman–Crippen LogP) is 5.17. The Hall–Kier alpha value is -2.29. The van der Waals surface area contributed by atoms with Gasteiger partial charge in [-0.25, -0.2) is 0 Å². The molecule has 0 saturated carbocycles. The molecule has 2 rings (SSSR count). The van der Waals surface area contributed by atoms with Crippen molar-refractivity contribution in [3.8, 4) is 5.75 Å². The lowest BCUT2D eigenvalue weighted by Gasteiger charge is -2.32. The van der Waals surface area contributed by atoms with Gasteiger partial charge in [-0.3, -0.25) is 4.79 Å². The van der Waals surface area contributed by atoms with Crippen molar-refractivity contribution in [1.82, 2.24) is 4.90 Å². The number of nitrogens with zero attached hydrogens (tertiary/aromatic N) is 1. The van der Waals surface area contributed by atoms with Crippen LogP contribution in [0.25, 0.3) is 0 Å². The molecule has 26 heavy (non-hydrogen) atoms. The van der Waals surface area contributed by atoms with Crippen LogP contribution in [0.1, 0.15) is 75.6 Å². The highest BCUT2D eigenvalue weighted by atomic mass is 16.5. The predicted molar refractivity (Wildman–Crippen MR) is 108 cm³/mol. The number of rotatable bonds is 7. The van der Waals surface area contributed by atoms with Gasteiger partial charge >= 0.3 is 0 Å². The zero-order chi connectivity index (χ0) is 31.1. The lowest BCUT2D eigenvalue weighted by atomic mass is 9.86. The summed E-state index contributed by atoms with van der Waals surface area (Å²) in [5.41, 5.74) is 1.54. The average Bonchev–Trinajstić information content (AvgIpc) is 2.80. The Balaban J connectivity index is 2.97. The summed E-state index contributed by atoms with van der Waals surface area (Å²) in [5, 5.41) is 0. The van der Waals surface area contributed by atoms with E-state index in [1.807, 2.05) is 0 Å². The molecule has 0 aliphatic heterocycles. The highest BCUT2D eigenvalue weighted by molar-refractivity contribution is 5.78. The molecular weight excluding hydrogens is 322 g/mol. The van der Waals surface area contributed by atoms with Gasteiger partial charge in [-0.05, 0) is 46.0 Å². The first-order valence-corrected chi connectivity index (χ1v) is 7.98. The highest BCUT2D eigenvalue weighted by Crippen LogP contribution is 2.35. The molecule has 0 aromatic heterocycles. The fraction of sp³-hybridized carbons (Fsp3) is 0.435. The lowest BCUT2D eigenvalue weighted by Crippen LogP contribution is -2.42. The van der Waals surface area contributed by atoms with Crippen molar-refractivity contribution in [3.63, 3.8) is 0 Å². The van der Waals surface area contributed by atoms with Crippen LogP contribution in [0.4, 0.5) is 0 Å². The molecule has 140 valence electrons. The van der Waals surface area contributed by atoms with E-state index in [9.17, 15) is 4.79 Å². The van der Waals surface area contributed by atoms with Gasteiger partial charge in [0.25, 0.3) is 0 Å². The Kier molecular flexibility index (Phi) is 2.79. The standard InChI is InChI=1S/C23H31NO2/c1-16(2)24(17(3)4)23(25)15-20(19-10-8-7-9-11-19)21-14-18(5)12-13-22(21)26-6/h7-14,16-17,20H,15H2,1-6H3/t20-/m1/s1/i1D3,2D3,3D3,4D3,16D,17D. The van der Waals surface area contributed by atoms with Gasteiger partial charge < -0.3 is 9.64 Å². The molecule has 0 heterocycles. The van der Waals surface area contributed by atoms with Crippen molar-refractivity contribution in [1.29, 1.82) is 0 Å². The highest BCUT2D eigenvalue weighted by Gasteiger charge is 2.27. The van der Waals surface area contributed by atoms with E-state index < -0.39 is 62.6 Å². The number of hydrogen-bond acceptors (Lipinski definition) is 2. The van der Waals surface area contributed by atoms with Gasteiger partial charge in [0.15, 0.2) is 0 Å². The topological polar surface area (TPSA) is 29.5 Å². The lowest BCUT2D eigenvalue weighted by molar-refractivity contribution is -0.135. The van der Waals surface area contributed by atoms with E-state index in [4.69, 9.17) is 23.9 Å². The third-order valence-electron chi connectivity index (χ3n) is 4.04. The molecular formula is C23H31NO2. The van der Waals surface area contributed by atoms with Gasteiger partial charge in [0.05, 0.1) is 9.85 Å². The van der Waals surface area contributed by atoms with Crippen molar-refractivity contribution in [3.05, 3.63) is 65.2 Å². The second-order valence-corrected chi connectivity index (χ2v) is 5.84. The number of carbonyl (C=O) groups excluding carboxylic acids is 1. The molecule has 0 aliphatic rings. The Labute approximate surface area is 177 Å². The van der Waals surface area contributed by atoms with Crippen molar-refractivity contribution in [2.45, 2.75) is 58.7 Å². The Morgan fingerprint density at radius 3 is 2.35 bits per heavy atom. The molecule has 3 nitrogen and oxygen atoms in total. The quantitative estimate of drug-likeness (QED) is 0.675. The van der Waals surface area contributed by atoms with Crippen LogP contribution in [-0.2, 0) is 4.79 Å². The smallest absolute Gasteiger partial charge is 0.223 e.